The quantitative estimate of drug-likeness (QED) is 0.789. The number of aliphatic carboxylic acids is 1. The number of carbonyl (C=O) groups is 2. The molecule has 2 N–H and O–H groups in total. The van der Waals surface area contributed by atoms with Gasteiger partial charge in [0.25, 0.3) is 0 Å². The molecule has 1 unspecified atom stereocenters. The third-order valence-electron chi connectivity index (χ3n) is 4.07. The first-order chi connectivity index (χ1) is 9.99. The Balaban J connectivity index is 2.03. The fourth-order valence-corrected chi connectivity index (χ4v) is 4.25. The third-order valence-corrected chi connectivity index (χ3v) is 5.88. The van der Waals surface area contributed by atoms with Gasteiger partial charge in [0, 0.05) is 10.9 Å². The lowest BCUT2D eigenvalue weighted by Gasteiger charge is -2.24. The van der Waals surface area contributed by atoms with Crippen LogP contribution in [0, 0.1) is 5.92 Å². The van der Waals surface area contributed by atoms with Crippen molar-refractivity contribution in [1.29, 1.82) is 0 Å². The third kappa shape index (κ3) is 4.30. The summed E-state index contributed by atoms with van der Waals surface area (Å²) in [6.07, 6.45) is 4.36. The first kappa shape index (κ1) is 16.5. The molecule has 1 aromatic rings. The minimum atomic E-state index is -0.797. The highest BCUT2D eigenvalue weighted by molar-refractivity contribution is 9.11. The molecule has 0 aliphatic heterocycles. The zero-order chi connectivity index (χ0) is 15.4. The van der Waals surface area contributed by atoms with E-state index < -0.39 is 11.9 Å². The van der Waals surface area contributed by atoms with Crippen LogP contribution in [0.3, 0.4) is 0 Å². The van der Waals surface area contributed by atoms with Crippen LogP contribution in [0.2, 0.25) is 0 Å². The van der Waals surface area contributed by atoms with E-state index in [2.05, 4.69) is 21.2 Å². The van der Waals surface area contributed by atoms with Crippen molar-refractivity contribution in [3.63, 3.8) is 0 Å². The summed E-state index contributed by atoms with van der Waals surface area (Å²) >= 11 is 4.93. The van der Waals surface area contributed by atoms with Gasteiger partial charge in [0.05, 0.1) is 15.6 Å². The lowest BCUT2D eigenvalue weighted by atomic mass is 9.94. The first-order valence-corrected chi connectivity index (χ1v) is 8.88. The second-order valence-electron chi connectivity index (χ2n) is 5.56. The molecular weight excluding hydrogens is 354 g/mol. The van der Waals surface area contributed by atoms with Gasteiger partial charge in [0.2, 0.25) is 5.91 Å². The molecular formula is C15H20BrNO3S. The van der Waals surface area contributed by atoms with Crippen molar-refractivity contribution in [2.75, 3.05) is 0 Å². The molecule has 1 aliphatic carbocycles. The van der Waals surface area contributed by atoms with Gasteiger partial charge in [-0.15, -0.1) is 11.3 Å². The van der Waals surface area contributed by atoms with Crippen LogP contribution >= 0.6 is 27.3 Å². The summed E-state index contributed by atoms with van der Waals surface area (Å²) < 4.78 is 0.995. The van der Waals surface area contributed by atoms with Gasteiger partial charge in [-0.1, -0.05) is 19.3 Å². The Kier molecular flexibility index (Phi) is 5.81. The van der Waals surface area contributed by atoms with Gasteiger partial charge in [-0.25, -0.2) is 0 Å². The van der Waals surface area contributed by atoms with Gasteiger partial charge in [0.15, 0.2) is 0 Å². The summed E-state index contributed by atoms with van der Waals surface area (Å²) in [4.78, 5) is 24.8. The van der Waals surface area contributed by atoms with E-state index in [4.69, 9.17) is 0 Å². The monoisotopic (exact) mass is 373 g/mol. The van der Waals surface area contributed by atoms with Crippen molar-refractivity contribution < 1.29 is 14.7 Å². The van der Waals surface area contributed by atoms with E-state index in [-0.39, 0.29) is 17.9 Å². The van der Waals surface area contributed by atoms with Crippen LogP contribution in [0.25, 0.3) is 0 Å². The van der Waals surface area contributed by atoms with Crippen molar-refractivity contribution in [1.82, 2.24) is 5.32 Å². The zero-order valence-electron chi connectivity index (χ0n) is 12.0. The number of hydrogen-bond donors (Lipinski definition) is 2. The number of thiophene rings is 1. The smallest absolute Gasteiger partial charge is 0.308 e. The minimum absolute atomic E-state index is 0.0810. The molecule has 21 heavy (non-hydrogen) atoms. The molecule has 116 valence electrons. The Morgan fingerprint density at radius 2 is 2.05 bits per heavy atom. The molecule has 0 spiro atoms. The number of carbonyl (C=O) groups excluding carboxylic acids is 1. The molecule has 1 aromatic heterocycles. The van der Waals surface area contributed by atoms with E-state index in [9.17, 15) is 14.7 Å². The molecule has 1 heterocycles. The van der Waals surface area contributed by atoms with E-state index >= 15 is 0 Å². The normalized spacial score (nSPS) is 24.1. The number of hydrogen-bond acceptors (Lipinski definition) is 3. The number of carboxylic acids is 1. The molecule has 0 aromatic carbocycles. The number of nitrogens with one attached hydrogen (secondary N) is 1. The summed E-state index contributed by atoms with van der Waals surface area (Å²) in [5.74, 6) is -1.59. The van der Waals surface area contributed by atoms with Crippen molar-refractivity contribution in [3.05, 3.63) is 20.8 Å². The summed E-state index contributed by atoms with van der Waals surface area (Å²) in [5.41, 5.74) is 0. The van der Waals surface area contributed by atoms with Crippen molar-refractivity contribution in [2.24, 2.45) is 5.92 Å². The largest absolute Gasteiger partial charge is 0.481 e. The van der Waals surface area contributed by atoms with Gasteiger partial charge in [0.1, 0.15) is 0 Å². The van der Waals surface area contributed by atoms with E-state index in [0.29, 0.717) is 6.42 Å². The van der Waals surface area contributed by atoms with Crippen LogP contribution in [-0.4, -0.2) is 23.0 Å². The van der Waals surface area contributed by atoms with Crippen molar-refractivity contribution in [3.8, 4) is 0 Å². The highest BCUT2D eigenvalue weighted by Gasteiger charge is 2.31. The van der Waals surface area contributed by atoms with Crippen molar-refractivity contribution in [2.45, 2.75) is 51.0 Å². The predicted octanol–water partition coefficient (Wildman–Crippen LogP) is 3.76. The molecule has 0 saturated heterocycles. The Hall–Kier alpha value is -0.880. The van der Waals surface area contributed by atoms with E-state index in [1.807, 2.05) is 19.1 Å². The van der Waals surface area contributed by atoms with Crippen molar-refractivity contribution >= 4 is 39.1 Å². The fraction of sp³-hybridized carbons (Fsp3) is 0.600. The lowest BCUT2D eigenvalue weighted by Crippen LogP contribution is -2.44. The summed E-state index contributed by atoms with van der Waals surface area (Å²) in [5, 5.41) is 12.3. The number of amides is 1. The number of rotatable bonds is 4. The van der Waals surface area contributed by atoms with Gasteiger partial charge in [-0.2, -0.15) is 0 Å². The molecule has 4 nitrogen and oxygen atoms in total. The summed E-state index contributed by atoms with van der Waals surface area (Å²) in [6.45, 7) is 1.86. The van der Waals surface area contributed by atoms with E-state index in [1.54, 1.807) is 0 Å². The second kappa shape index (κ2) is 7.40. The Bertz CT molecular complexity index is 517. The molecule has 1 fully saturated rings. The highest BCUT2D eigenvalue weighted by atomic mass is 79.9. The minimum Gasteiger partial charge on any atom is -0.481 e. The van der Waals surface area contributed by atoms with Crippen LogP contribution in [-0.2, 0) is 9.59 Å². The topological polar surface area (TPSA) is 66.4 Å². The average molecular weight is 374 g/mol. The van der Waals surface area contributed by atoms with Crippen LogP contribution in [0.5, 0.6) is 0 Å². The molecule has 2 rings (SSSR count). The van der Waals surface area contributed by atoms with Crippen LogP contribution in [0.15, 0.2) is 15.9 Å². The van der Waals surface area contributed by atoms with E-state index in [0.717, 1.165) is 34.3 Å². The zero-order valence-corrected chi connectivity index (χ0v) is 14.4. The van der Waals surface area contributed by atoms with Crippen LogP contribution in [0.1, 0.15) is 49.8 Å². The van der Waals surface area contributed by atoms with Crippen LogP contribution in [0.4, 0.5) is 0 Å². The van der Waals surface area contributed by atoms with Gasteiger partial charge >= 0.3 is 5.97 Å². The number of carboxylic acid groups (broad SMARTS) is 1. The van der Waals surface area contributed by atoms with Gasteiger partial charge in [-0.3, -0.25) is 9.59 Å². The maximum atomic E-state index is 12.4. The fourth-order valence-electron chi connectivity index (χ4n) is 2.77. The predicted molar refractivity (Wildman–Crippen MR) is 86.6 cm³/mol. The van der Waals surface area contributed by atoms with Gasteiger partial charge in [-0.05, 0) is 47.8 Å². The maximum Gasteiger partial charge on any atom is 0.308 e. The summed E-state index contributed by atoms with van der Waals surface area (Å²) in [6, 6.07) is 3.61. The SMILES string of the molecule is CC(C(=O)N[C@H]1CCCCC[C@H]1C(=O)O)c1ccc(Br)s1. The Labute approximate surface area is 137 Å². The van der Waals surface area contributed by atoms with Crippen LogP contribution < -0.4 is 5.32 Å². The van der Waals surface area contributed by atoms with Gasteiger partial charge < -0.3 is 10.4 Å². The highest BCUT2D eigenvalue weighted by Crippen LogP contribution is 2.29. The van der Waals surface area contributed by atoms with E-state index in [1.165, 1.54) is 11.3 Å². The second-order valence-corrected chi connectivity index (χ2v) is 8.06. The molecule has 0 bridgehead atoms. The standard InChI is InChI=1S/C15H20BrNO3S/c1-9(12-7-8-13(16)21-12)14(18)17-11-6-4-2-3-5-10(11)15(19)20/h7-11H,2-6H2,1H3,(H,17,18)(H,19,20)/t9?,10-,11+/m1/s1. The first-order valence-electron chi connectivity index (χ1n) is 7.27. The number of halogens is 1. The Morgan fingerprint density at radius 3 is 2.67 bits per heavy atom. The molecule has 6 heteroatoms. The average Bonchev–Trinajstić information content (AvgIpc) is 2.73. The molecule has 1 aliphatic rings. The molecule has 1 saturated carbocycles. The molecule has 0 radical (unpaired) electrons. The molecule has 1 amide bonds. The lowest BCUT2D eigenvalue weighted by molar-refractivity contribution is -0.143. The maximum absolute atomic E-state index is 12.4. The molecule has 3 atom stereocenters. The summed E-state index contributed by atoms with van der Waals surface area (Å²) in [7, 11) is 0. The Morgan fingerprint density at radius 1 is 1.33 bits per heavy atom.